The van der Waals surface area contributed by atoms with Crippen molar-refractivity contribution >= 4 is 34.0 Å². The van der Waals surface area contributed by atoms with Crippen LogP contribution in [-0.2, 0) is 17.8 Å². The Balaban J connectivity index is 1.57. The minimum Gasteiger partial charge on any atom is -0.469 e. The average molecular weight is 398 g/mol. The fourth-order valence-corrected chi connectivity index (χ4v) is 3.42. The zero-order valence-electron chi connectivity index (χ0n) is 16.0. The molecular formula is C20H22N4O3S. The van der Waals surface area contributed by atoms with E-state index >= 15 is 0 Å². The molecule has 28 heavy (non-hydrogen) atoms. The number of aromatic nitrogens is 1. The first-order valence-corrected chi connectivity index (χ1v) is 9.62. The van der Waals surface area contributed by atoms with E-state index in [-0.39, 0.29) is 18.2 Å². The van der Waals surface area contributed by atoms with Crippen LogP contribution in [0.3, 0.4) is 0 Å². The predicted molar refractivity (Wildman–Crippen MR) is 110 cm³/mol. The molecule has 0 bridgehead atoms. The summed E-state index contributed by atoms with van der Waals surface area (Å²) in [7, 11) is 4.00. The molecule has 0 unspecified atom stereocenters. The van der Waals surface area contributed by atoms with Gasteiger partial charge in [0.25, 0.3) is 5.91 Å². The van der Waals surface area contributed by atoms with E-state index in [0.717, 1.165) is 17.8 Å². The Morgan fingerprint density at radius 2 is 2.04 bits per heavy atom. The first-order valence-electron chi connectivity index (χ1n) is 8.74. The molecule has 2 N–H and O–H groups in total. The third-order valence-corrected chi connectivity index (χ3v) is 4.73. The Morgan fingerprint density at radius 3 is 2.75 bits per heavy atom. The van der Waals surface area contributed by atoms with Crippen LogP contribution in [-0.4, -0.2) is 35.8 Å². The van der Waals surface area contributed by atoms with Crippen molar-refractivity contribution in [2.45, 2.75) is 19.9 Å². The molecule has 0 atom stereocenters. The number of furan rings is 1. The molecule has 3 aromatic rings. The fraction of sp³-hybridized carbons (Fsp3) is 0.250. The second-order valence-corrected chi connectivity index (χ2v) is 7.51. The van der Waals surface area contributed by atoms with Crippen molar-refractivity contribution in [1.29, 1.82) is 0 Å². The molecule has 2 amide bonds. The van der Waals surface area contributed by atoms with Crippen molar-refractivity contribution in [3.05, 3.63) is 64.6 Å². The number of thiazole rings is 1. The summed E-state index contributed by atoms with van der Waals surface area (Å²) in [6, 6.07) is 9.36. The van der Waals surface area contributed by atoms with Crippen LogP contribution in [0.15, 0.2) is 46.4 Å². The number of nitrogens with zero attached hydrogens (tertiary/aromatic N) is 2. The van der Waals surface area contributed by atoms with Gasteiger partial charge in [-0.15, -0.1) is 11.3 Å². The van der Waals surface area contributed by atoms with E-state index < -0.39 is 0 Å². The van der Waals surface area contributed by atoms with Gasteiger partial charge in [0.15, 0.2) is 5.13 Å². The zero-order chi connectivity index (χ0) is 20.1. The van der Waals surface area contributed by atoms with Gasteiger partial charge in [0.05, 0.1) is 23.9 Å². The molecule has 1 aromatic carbocycles. The highest BCUT2D eigenvalue weighted by Crippen LogP contribution is 2.19. The summed E-state index contributed by atoms with van der Waals surface area (Å²) < 4.78 is 5.13. The summed E-state index contributed by atoms with van der Waals surface area (Å²) in [5.74, 6) is 0.107. The molecule has 0 saturated heterocycles. The molecule has 8 heteroatoms. The van der Waals surface area contributed by atoms with E-state index in [1.54, 1.807) is 18.4 Å². The maximum Gasteiger partial charge on any atom is 0.260 e. The summed E-state index contributed by atoms with van der Waals surface area (Å²) in [5.41, 5.74) is 2.94. The summed E-state index contributed by atoms with van der Waals surface area (Å²) >= 11 is 1.28. The van der Waals surface area contributed by atoms with E-state index in [1.165, 1.54) is 17.6 Å². The fourth-order valence-electron chi connectivity index (χ4n) is 2.71. The molecule has 2 heterocycles. The van der Waals surface area contributed by atoms with Crippen molar-refractivity contribution in [2.75, 3.05) is 24.7 Å². The number of carbonyl (C=O) groups is 2. The van der Waals surface area contributed by atoms with E-state index in [1.807, 2.05) is 38.4 Å². The van der Waals surface area contributed by atoms with Crippen LogP contribution in [0.2, 0.25) is 0 Å². The number of rotatable bonds is 7. The Morgan fingerprint density at radius 1 is 1.21 bits per heavy atom. The highest BCUT2D eigenvalue weighted by molar-refractivity contribution is 7.14. The lowest BCUT2D eigenvalue weighted by molar-refractivity contribution is -0.115. The smallest absolute Gasteiger partial charge is 0.260 e. The SMILES string of the molecule is Cc1occc1C(=O)Nc1nc(CC(=O)Nc2cccc(CN(C)C)c2)cs1. The Hall–Kier alpha value is -2.97. The van der Waals surface area contributed by atoms with Crippen molar-refractivity contribution < 1.29 is 14.0 Å². The van der Waals surface area contributed by atoms with Gasteiger partial charge in [-0.05, 0) is 44.8 Å². The molecule has 0 aliphatic heterocycles. The first kappa shape index (κ1) is 19.8. The highest BCUT2D eigenvalue weighted by atomic mass is 32.1. The van der Waals surface area contributed by atoms with Gasteiger partial charge in [-0.1, -0.05) is 12.1 Å². The van der Waals surface area contributed by atoms with E-state index in [2.05, 4.69) is 20.5 Å². The van der Waals surface area contributed by atoms with Crippen LogP contribution in [0, 0.1) is 6.92 Å². The van der Waals surface area contributed by atoms with Crippen LogP contribution in [0.25, 0.3) is 0 Å². The van der Waals surface area contributed by atoms with Gasteiger partial charge in [-0.2, -0.15) is 0 Å². The molecule has 146 valence electrons. The maximum atomic E-state index is 12.3. The van der Waals surface area contributed by atoms with Crippen LogP contribution in [0.1, 0.15) is 27.4 Å². The van der Waals surface area contributed by atoms with Crippen molar-refractivity contribution in [3.8, 4) is 0 Å². The molecule has 0 aliphatic rings. The number of anilines is 2. The van der Waals surface area contributed by atoms with E-state index in [9.17, 15) is 9.59 Å². The highest BCUT2D eigenvalue weighted by Gasteiger charge is 2.14. The zero-order valence-corrected chi connectivity index (χ0v) is 16.8. The van der Waals surface area contributed by atoms with Crippen molar-refractivity contribution in [3.63, 3.8) is 0 Å². The summed E-state index contributed by atoms with van der Waals surface area (Å²) in [6.07, 6.45) is 1.60. The number of nitrogens with one attached hydrogen (secondary N) is 2. The molecule has 0 radical (unpaired) electrons. The molecule has 0 spiro atoms. The van der Waals surface area contributed by atoms with Gasteiger partial charge in [0.1, 0.15) is 5.76 Å². The number of carbonyl (C=O) groups excluding carboxylic acids is 2. The standard InChI is InChI=1S/C20H22N4O3S/c1-13-17(7-8-27-13)19(26)23-20-22-16(12-28-20)10-18(25)21-15-6-4-5-14(9-15)11-24(2)3/h4-9,12H,10-11H2,1-3H3,(H,21,25)(H,22,23,26). The summed E-state index contributed by atoms with van der Waals surface area (Å²) in [5, 5.41) is 7.83. The third kappa shape index (κ3) is 5.28. The molecule has 7 nitrogen and oxygen atoms in total. The minimum atomic E-state index is -0.283. The first-order chi connectivity index (χ1) is 13.4. The number of hydrogen-bond donors (Lipinski definition) is 2. The normalized spacial score (nSPS) is 10.9. The lowest BCUT2D eigenvalue weighted by Crippen LogP contribution is -2.16. The lowest BCUT2D eigenvalue weighted by Gasteiger charge is -2.11. The van der Waals surface area contributed by atoms with Crippen molar-refractivity contribution in [1.82, 2.24) is 9.88 Å². The number of benzene rings is 1. The monoisotopic (exact) mass is 398 g/mol. The quantitative estimate of drug-likeness (QED) is 0.636. The molecule has 3 rings (SSSR count). The van der Waals surface area contributed by atoms with Crippen LogP contribution in [0.5, 0.6) is 0 Å². The Kier molecular flexibility index (Phi) is 6.23. The van der Waals surface area contributed by atoms with Crippen LogP contribution >= 0.6 is 11.3 Å². The van der Waals surface area contributed by atoms with Gasteiger partial charge >= 0.3 is 0 Å². The number of amides is 2. The lowest BCUT2D eigenvalue weighted by atomic mass is 10.2. The maximum absolute atomic E-state index is 12.3. The van der Waals surface area contributed by atoms with Gasteiger partial charge in [0.2, 0.25) is 5.91 Å². The van der Waals surface area contributed by atoms with Gasteiger partial charge in [-0.25, -0.2) is 4.98 Å². The minimum absolute atomic E-state index is 0.134. The van der Waals surface area contributed by atoms with Gasteiger partial charge < -0.3 is 14.6 Å². The molecular weight excluding hydrogens is 376 g/mol. The molecule has 0 fully saturated rings. The Bertz CT molecular complexity index is 977. The number of aryl methyl sites for hydroxylation is 1. The Labute approximate surface area is 167 Å². The second kappa shape index (κ2) is 8.81. The van der Waals surface area contributed by atoms with E-state index in [0.29, 0.717) is 22.1 Å². The van der Waals surface area contributed by atoms with Crippen molar-refractivity contribution in [2.24, 2.45) is 0 Å². The van der Waals surface area contributed by atoms with Crippen LogP contribution in [0.4, 0.5) is 10.8 Å². The number of hydrogen-bond acceptors (Lipinski definition) is 6. The molecule has 0 aliphatic carbocycles. The second-order valence-electron chi connectivity index (χ2n) is 6.65. The molecule has 2 aromatic heterocycles. The summed E-state index contributed by atoms with van der Waals surface area (Å²) in [4.78, 5) is 30.9. The predicted octanol–water partition coefficient (Wildman–Crippen LogP) is 3.54. The van der Waals surface area contributed by atoms with Gasteiger partial charge in [0, 0.05) is 17.6 Å². The largest absolute Gasteiger partial charge is 0.469 e. The third-order valence-electron chi connectivity index (χ3n) is 3.93. The average Bonchev–Trinajstić information content (AvgIpc) is 3.23. The van der Waals surface area contributed by atoms with Gasteiger partial charge in [-0.3, -0.25) is 14.9 Å². The topological polar surface area (TPSA) is 87.5 Å². The van der Waals surface area contributed by atoms with E-state index in [4.69, 9.17) is 4.42 Å². The molecule has 0 saturated carbocycles. The van der Waals surface area contributed by atoms with Crippen LogP contribution < -0.4 is 10.6 Å². The summed E-state index contributed by atoms with van der Waals surface area (Å²) in [6.45, 7) is 2.52.